The Morgan fingerprint density at radius 1 is 1.55 bits per heavy atom. The third kappa shape index (κ3) is 2.74. The molecule has 0 bridgehead atoms. The molecule has 0 atom stereocenters. The van der Waals surface area contributed by atoms with Crippen molar-refractivity contribution in [3.8, 4) is 5.88 Å². The molecule has 0 amide bonds. The molecule has 1 rings (SSSR count). The Morgan fingerprint density at radius 3 is 2.82 bits per heavy atom. The van der Waals surface area contributed by atoms with Gasteiger partial charge in [0.1, 0.15) is 0 Å². The smallest absolute Gasteiger partial charge is 0.213 e. The summed E-state index contributed by atoms with van der Waals surface area (Å²) in [6.45, 7) is 0.456. The Kier molecular flexibility index (Phi) is 4.57. The topological polar surface area (TPSA) is 48.1 Å². The molecule has 3 nitrogen and oxygen atoms in total. The highest BCUT2D eigenvalue weighted by Gasteiger charge is 1.92. The molecule has 62 valence electrons. The lowest BCUT2D eigenvalue weighted by atomic mass is 10.3. The summed E-state index contributed by atoms with van der Waals surface area (Å²) in [5.74, 6) is 0.614. The maximum absolute atomic E-state index is 5.36. The van der Waals surface area contributed by atoms with Crippen LogP contribution in [0.5, 0.6) is 5.88 Å². The van der Waals surface area contributed by atoms with Gasteiger partial charge in [-0.2, -0.15) is 0 Å². The van der Waals surface area contributed by atoms with Gasteiger partial charge in [0.05, 0.1) is 12.8 Å². The van der Waals surface area contributed by atoms with E-state index in [4.69, 9.17) is 10.5 Å². The molecule has 0 aromatic carbocycles. The van der Waals surface area contributed by atoms with Gasteiger partial charge >= 0.3 is 0 Å². The van der Waals surface area contributed by atoms with Gasteiger partial charge in [0.15, 0.2) is 0 Å². The molecular weight excluding hydrogens is 164 g/mol. The normalized spacial score (nSPS) is 8.55. The Bertz CT molecular complexity index is 198. The summed E-state index contributed by atoms with van der Waals surface area (Å²) in [6.07, 6.45) is 0. The highest BCUT2D eigenvalue weighted by molar-refractivity contribution is 5.85. The van der Waals surface area contributed by atoms with Crippen LogP contribution in [0, 0.1) is 0 Å². The molecule has 0 radical (unpaired) electrons. The molecule has 0 spiro atoms. The van der Waals surface area contributed by atoms with Crippen LogP contribution in [0.15, 0.2) is 18.2 Å². The van der Waals surface area contributed by atoms with Crippen LogP contribution in [0.2, 0.25) is 0 Å². The fourth-order valence-electron chi connectivity index (χ4n) is 0.685. The zero-order valence-electron chi connectivity index (χ0n) is 6.28. The summed E-state index contributed by atoms with van der Waals surface area (Å²) in [5, 5.41) is 0. The van der Waals surface area contributed by atoms with Crippen LogP contribution in [0.25, 0.3) is 0 Å². The number of methoxy groups -OCH3 is 1. The van der Waals surface area contributed by atoms with Crippen LogP contribution in [0.1, 0.15) is 5.69 Å². The summed E-state index contributed by atoms with van der Waals surface area (Å²) in [6, 6.07) is 5.52. The number of nitrogens with two attached hydrogens (primary N) is 1. The van der Waals surface area contributed by atoms with E-state index in [1.807, 2.05) is 12.1 Å². The third-order valence-corrected chi connectivity index (χ3v) is 1.20. The predicted molar refractivity (Wildman–Crippen MR) is 45.9 cm³/mol. The van der Waals surface area contributed by atoms with Crippen molar-refractivity contribution >= 4 is 12.4 Å². The summed E-state index contributed by atoms with van der Waals surface area (Å²) in [5.41, 5.74) is 6.20. The molecule has 0 saturated heterocycles. The van der Waals surface area contributed by atoms with E-state index < -0.39 is 0 Å². The van der Waals surface area contributed by atoms with Gasteiger partial charge in [-0.1, -0.05) is 6.07 Å². The van der Waals surface area contributed by atoms with Crippen molar-refractivity contribution in [2.24, 2.45) is 5.73 Å². The average Bonchev–Trinajstić information content (AvgIpc) is 2.05. The Morgan fingerprint density at radius 2 is 2.27 bits per heavy atom. The Balaban J connectivity index is 0.000001000. The SMILES string of the molecule is COc1cccc(CN)n1.Cl. The molecule has 0 unspecified atom stereocenters. The summed E-state index contributed by atoms with van der Waals surface area (Å²) in [4.78, 5) is 4.06. The Hall–Kier alpha value is -0.800. The number of ether oxygens (including phenoxy) is 1. The second-order valence-corrected chi connectivity index (χ2v) is 1.88. The highest BCUT2D eigenvalue weighted by atomic mass is 35.5. The molecule has 0 aliphatic heterocycles. The van der Waals surface area contributed by atoms with Crippen LogP contribution in [0.4, 0.5) is 0 Å². The maximum Gasteiger partial charge on any atom is 0.213 e. The van der Waals surface area contributed by atoms with Gasteiger partial charge in [0, 0.05) is 12.6 Å². The quantitative estimate of drug-likeness (QED) is 0.727. The molecule has 1 aromatic heterocycles. The first-order valence-electron chi connectivity index (χ1n) is 3.07. The number of hydrogen-bond donors (Lipinski definition) is 1. The molecule has 2 N–H and O–H groups in total. The fraction of sp³-hybridized carbons (Fsp3) is 0.286. The van der Waals surface area contributed by atoms with E-state index in [1.54, 1.807) is 13.2 Å². The second-order valence-electron chi connectivity index (χ2n) is 1.88. The molecule has 0 saturated carbocycles. The van der Waals surface area contributed by atoms with Gasteiger partial charge in [0.2, 0.25) is 5.88 Å². The zero-order valence-corrected chi connectivity index (χ0v) is 7.10. The number of rotatable bonds is 2. The number of hydrogen-bond acceptors (Lipinski definition) is 3. The van der Waals surface area contributed by atoms with Gasteiger partial charge in [-0.25, -0.2) is 4.98 Å². The van der Waals surface area contributed by atoms with Crippen molar-refractivity contribution in [2.45, 2.75) is 6.54 Å². The van der Waals surface area contributed by atoms with Crippen LogP contribution in [0.3, 0.4) is 0 Å². The monoisotopic (exact) mass is 174 g/mol. The lowest BCUT2D eigenvalue weighted by molar-refractivity contribution is 0.396. The molecular formula is C7H11ClN2O. The minimum atomic E-state index is 0. The van der Waals surface area contributed by atoms with Crippen LogP contribution < -0.4 is 10.5 Å². The second kappa shape index (κ2) is 4.93. The molecule has 0 fully saturated rings. The Labute approximate surface area is 72.0 Å². The van der Waals surface area contributed by atoms with Gasteiger partial charge in [0.25, 0.3) is 0 Å². The number of aromatic nitrogens is 1. The van der Waals surface area contributed by atoms with Crippen molar-refractivity contribution in [2.75, 3.05) is 7.11 Å². The standard InChI is InChI=1S/C7H10N2O.ClH/c1-10-7-4-2-3-6(5-8)9-7;/h2-4H,5,8H2,1H3;1H. The molecule has 1 heterocycles. The van der Waals surface area contributed by atoms with E-state index in [9.17, 15) is 0 Å². The van der Waals surface area contributed by atoms with Crippen LogP contribution >= 0.6 is 12.4 Å². The maximum atomic E-state index is 5.36. The summed E-state index contributed by atoms with van der Waals surface area (Å²) < 4.78 is 4.89. The first-order valence-corrected chi connectivity index (χ1v) is 3.07. The van der Waals surface area contributed by atoms with Crippen molar-refractivity contribution in [1.82, 2.24) is 4.98 Å². The third-order valence-electron chi connectivity index (χ3n) is 1.20. The first-order chi connectivity index (χ1) is 4.86. The molecule has 0 aliphatic rings. The van der Waals surface area contributed by atoms with Crippen molar-refractivity contribution in [3.63, 3.8) is 0 Å². The summed E-state index contributed by atoms with van der Waals surface area (Å²) in [7, 11) is 1.59. The molecule has 0 aliphatic carbocycles. The van der Waals surface area contributed by atoms with E-state index >= 15 is 0 Å². The van der Waals surface area contributed by atoms with E-state index in [0.29, 0.717) is 12.4 Å². The molecule has 4 heteroatoms. The van der Waals surface area contributed by atoms with E-state index in [1.165, 1.54) is 0 Å². The predicted octanol–water partition coefficient (Wildman–Crippen LogP) is 0.971. The summed E-state index contributed by atoms with van der Waals surface area (Å²) >= 11 is 0. The zero-order chi connectivity index (χ0) is 7.40. The van der Waals surface area contributed by atoms with Gasteiger partial charge in [-0.3, -0.25) is 0 Å². The minimum Gasteiger partial charge on any atom is -0.481 e. The lowest BCUT2D eigenvalue weighted by Crippen LogP contribution is -1.99. The number of halogens is 1. The van der Waals surface area contributed by atoms with E-state index in [2.05, 4.69) is 4.98 Å². The largest absolute Gasteiger partial charge is 0.481 e. The number of pyridine rings is 1. The van der Waals surface area contributed by atoms with E-state index in [-0.39, 0.29) is 12.4 Å². The number of nitrogens with zero attached hydrogens (tertiary/aromatic N) is 1. The van der Waals surface area contributed by atoms with Gasteiger partial charge in [-0.05, 0) is 6.07 Å². The minimum absolute atomic E-state index is 0. The molecule has 11 heavy (non-hydrogen) atoms. The lowest BCUT2D eigenvalue weighted by Gasteiger charge is -1.98. The fourth-order valence-corrected chi connectivity index (χ4v) is 0.685. The van der Waals surface area contributed by atoms with E-state index in [0.717, 1.165) is 5.69 Å². The van der Waals surface area contributed by atoms with Crippen LogP contribution in [-0.2, 0) is 6.54 Å². The van der Waals surface area contributed by atoms with Crippen LogP contribution in [-0.4, -0.2) is 12.1 Å². The average molecular weight is 175 g/mol. The van der Waals surface area contributed by atoms with Crippen molar-refractivity contribution in [1.29, 1.82) is 0 Å². The van der Waals surface area contributed by atoms with Crippen molar-refractivity contribution in [3.05, 3.63) is 23.9 Å². The highest BCUT2D eigenvalue weighted by Crippen LogP contribution is 2.04. The molecule has 1 aromatic rings. The van der Waals surface area contributed by atoms with Gasteiger partial charge < -0.3 is 10.5 Å². The van der Waals surface area contributed by atoms with Crippen molar-refractivity contribution < 1.29 is 4.74 Å². The van der Waals surface area contributed by atoms with Gasteiger partial charge in [-0.15, -0.1) is 12.4 Å². The first kappa shape index (κ1) is 10.2.